The van der Waals surface area contributed by atoms with Crippen molar-refractivity contribution >= 4 is 27.8 Å². The van der Waals surface area contributed by atoms with Crippen LogP contribution in [0.25, 0.3) is 21.9 Å². The Kier molecular flexibility index (Phi) is 8.52. The average Bonchev–Trinajstić information content (AvgIpc) is 3.22. The quantitative estimate of drug-likeness (QED) is 0.183. The van der Waals surface area contributed by atoms with Gasteiger partial charge >= 0.3 is 0 Å². The molecule has 0 unspecified atom stereocenters. The molecule has 0 fully saturated rings. The molecule has 0 radical (unpaired) electrons. The lowest BCUT2D eigenvalue weighted by Gasteiger charge is -2.26. The van der Waals surface area contributed by atoms with Gasteiger partial charge in [0.15, 0.2) is 5.82 Å². The van der Waals surface area contributed by atoms with Gasteiger partial charge in [-0.05, 0) is 80.3 Å². The second-order valence-electron chi connectivity index (χ2n) is 12.2. The Labute approximate surface area is 232 Å². The Morgan fingerprint density at radius 2 is 1.74 bits per heavy atom. The second kappa shape index (κ2) is 11.5. The van der Waals surface area contributed by atoms with E-state index in [1.807, 2.05) is 32.9 Å². The molecule has 0 atom stereocenters. The number of rotatable bonds is 12. The number of aromatic nitrogens is 3. The van der Waals surface area contributed by atoms with E-state index in [-0.39, 0.29) is 11.0 Å². The molecule has 39 heavy (non-hydrogen) atoms. The molecule has 7 heteroatoms. The van der Waals surface area contributed by atoms with Crippen LogP contribution in [0.4, 0.5) is 5.82 Å². The van der Waals surface area contributed by atoms with E-state index in [2.05, 4.69) is 43.5 Å². The zero-order valence-corrected chi connectivity index (χ0v) is 24.5. The van der Waals surface area contributed by atoms with Gasteiger partial charge in [0.25, 0.3) is 0 Å². The first-order valence-electron chi connectivity index (χ1n) is 14.1. The molecule has 0 saturated heterocycles. The van der Waals surface area contributed by atoms with E-state index in [1.165, 1.54) is 5.56 Å². The second-order valence-corrected chi connectivity index (χ2v) is 12.2. The molecular formula is C32H45N5O2. The van der Waals surface area contributed by atoms with Crippen LogP contribution in [0.5, 0.6) is 5.75 Å². The Morgan fingerprint density at radius 1 is 1.00 bits per heavy atom. The van der Waals surface area contributed by atoms with Crippen LogP contribution in [0, 0.1) is 6.92 Å². The molecule has 2 heterocycles. The highest BCUT2D eigenvalue weighted by Gasteiger charge is 2.24. The summed E-state index contributed by atoms with van der Waals surface area (Å²) < 4.78 is 8.24. The van der Waals surface area contributed by atoms with Gasteiger partial charge in [-0.15, -0.1) is 0 Å². The minimum atomic E-state index is -0.216. The van der Waals surface area contributed by atoms with E-state index in [4.69, 9.17) is 26.2 Å². The highest BCUT2D eigenvalue weighted by atomic mass is 16.5. The van der Waals surface area contributed by atoms with Gasteiger partial charge in [0, 0.05) is 37.1 Å². The number of ether oxygens (including phenoxy) is 1. The van der Waals surface area contributed by atoms with Crippen LogP contribution < -0.4 is 11.5 Å². The summed E-state index contributed by atoms with van der Waals surface area (Å²) in [4.78, 5) is 9.75. The number of anilines is 1. The molecule has 0 spiro atoms. The fraction of sp³-hybridized carbons (Fsp3) is 0.500. The van der Waals surface area contributed by atoms with Crippen molar-refractivity contribution in [1.29, 1.82) is 0 Å². The van der Waals surface area contributed by atoms with Crippen molar-refractivity contribution in [3.05, 3.63) is 58.9 Å². The third-order valence-electron chi connectivity index (χ3n) is 7.68. The lowest BCUT2D eigenvalue weighted by Crippen LogP contribution is -2.33. The summed E-state index contributed by atoms with van der Waals surface area (Å²) >= 11 is 0. The number of aromatic hydroxyl groups is 1. The minimum Gasteiger partial charge on any atom is -0.508 e. The largest absolute Gasteiger partial charge is 0.508 e. The number of nitrogen functional groups attached to an aromatic ring is 1. The topological polar surface area (TPSA) is 112 Å². The number of unbranched alkanes of at least 4 members (excludes halogenated alkanes) is 1. The number of nitrogens with two attached hydrogens (primary N) is 2. The fourth-order valence-corrected chi connectivity index (χ4v) is 4.98. The van der Waals surface area contributed by atoms with Crippen LogP contribution in [0.1, 0.15) is 82.8 Å². The summed E-state index contributed by atoms with van der Waals surface area (Å²) in [5.74, 6) is 1.78. The molecule has 0 aliphatic carbocycles. The zero-order valence-electron chi connectivity index (χ0n) is 24.5. The molecule has 0 bridgehead atoms. The van der Waals surface area contributed by atoms with Crippen molar-refractivity contribution in [1.82, 2.24) is 14.5 Å². The molecule has 0 saturated carbocycles. The number of fused-ring (bicyclic) bond motifs is 3. The van der Waals surface area contributed by atoms with E-state index in [9.17, 15) is 5.11 Å². The van der Waals surface area contributed by atoms with Crippen LogP contribution in [0.15, 0.2) is 36.4 Å². The van der Waals surface area contributed by atoms with Crippen molar-refractivity contribution in [2.75, 3.05) is 18.9 Å². The first kappa shape index (κ1) is 28.8. The molecule has 0 aliphatic heterocycles. The van der Waals surface area contributed by atoms with Crippen molar-refractivity contribution in [3.63, 3.8) is 0 Å². The summed E-state index contributed by atoms with van der Waals surface area (Å²) in [5, 5.41) is 11.1. The molecule has 5 N–H and O–H groups in total. The first-order valence-corrected chi connectivity index (χ1v) is 14.1. The average molecular weight is 532 g/mol. The van der Waals surface area contributed by atoms with Crippen molar-refractivity contribution < 1.29 is 9.84 Å². The van der Waals surface area contributed by atoms with Gasteiger partial charge in [0.2, 0.25) is 0 Å². The first-order chi connectivity index (χ1) is 18.4. The van der Waals surface area contributed by atoms with Crippen molar-refractivity contribution in [2.24, 2.45) is 5.73 Å². The highest BCUT2D eigenvalue weighted by molar-refractivity contribution is 6.07. The number of phenols is 1. The predicted molar refractivity (Wildman–Crippen MR) is 161 cm³/mol. The number of hydrogen-bond acceptors (Lipinski definition) is 6. The molecule has 2 aromatic heterocycles. The van der Waals surface area contributed by atoms with Gasteiger partial charge < -0.3 is 25.9 Å². The van der Waals surface area contributed by atoms with E-state index in [1.54, 1.807) is 6.07 Å². The number of hydrogen-bond donors (Lipinski definition) is 3. The molecule has 0 amide bonds. The molecule has 4 rings (SSSR count). The Morgan fingerprint density at radius 3 is 2.44 bits per heavy atom. The number of pyridine rings is 1. The van der Waals surface area contributed by atoms with Gasteiger partial charge in [0.05, 0.1) is 11.0 Å². The Balaban J connectivity index is 1.75. The van der Waals surface area contributed by atoms with Crippen LogP contribution in [-0.4, -0.2) is 38.4 Å². The third kappa shape index (κ3) is 6.71. The summed E-state index contributed by atoms with van der Waals surface area (Å²) in [6.07, 6.45) is 4.72. The smallest absolute Gasteiger partial charge is 0.152 e. The van der Waals surface area contributed by atoms with Crippen LogP contribution in [0.3, 0.4) is 0 Å². The summed E-state index contributed by atoms with van der Waals surface area (Å²) in [6, 6.07) is 12.3. The van der Waals surface area contributed by atoms with Crippen LogP contribution >= 0.6 is 0 Å². The Hall–Kier alpha value is -3.16. The molecule has 7 nitrogen and oxygen atoms in total. The fourth-order valence-electron chi connectivity index (χ4n) is 4.98. The van der Waals surface area contributed by atoms with Crippen LogP contribution in [-0.2, 0) is 23.1 Å². The molecule has 0 aliphatic rings. The minimum absolute atomic E-state index is 0.0932. The molecule has 210 valence electrons. The highest BCUT2D eigenvalue weighted by Crippen LogP contribution is 2.35. The summed E-state index contributed by atoms with van der Waals surface area (Å²) in [5.41, 5.74) is 18.1. The van der Waals surface area contributed by atoms with Gasteiger partial charge in [-0.1, -0.05) is 45.4 Å². The normalized spacial score (nSPS) is 12.6. The van der Waals surface area contributed by atoms with Gasteiger partial charge in [-0.2, -0.15) is 0 Å². The maximum absolute atomic E-state index is 10.1. The Bertz CT molecular complexity index is 1450. The predicted octanol–water partition coefficient (Wildman–Crippen LogP) is 6.38. The van der Waals surface area contributed by atoms with E-state index >= 15 is 0 Å². The lowest BCUT2D eigenvalue weighted by molar-refractivity contribution is 0.105. The number of aryl methyl sites for hydroxylation is 2. The maximum Gasteiger partial charge on any atom is 0.152 e. The standard InChI is InChI=1S/C32H45N5O2/c1-7-8-9-27-36-28-29(37(27)20-22-10-13-26(38)21(2)18-22)24-19-23(11-12-25(24)35-30(28)33)31(3,4)14-16-39-17-15-32(5,6)34/h10-13,18-19,38H,7-9,14-17,20,34H2,1-6H3,(H2,33,35). The van der Waals surface area contributed by atoms with Crippen LogP contribution in [0.2, 0.25) is 0 Å². The monoisotopic (exact) mass is 531 g/mol. The van der Waals surface area contributed by atoms with Crippen molar-refractivity contribution in [2.45, 2.75) is 91.1 Å². The van der Waals surface area contributed by atoms with Gasteiger partial charge in [-0.3, -0.25) is 0 Å². The summed E-state index contributed by atoms with van der Waals surface area (Å²) in [6.45, 7) is 14.7. The number of phenolic OH excluding ortho intramolecular Hbond substituents is 1. The number of imidazole rings is 1. The zero-order chi connectivity index (χ0) is 28.4. The third-order valence-corrected chi connectivity index (χ3v) is 7.68. The van der Waals surface area contributed by atoms with Gasteiger partial charge in [0.1, 0.15) is 17.1 Å². The summed E-state index contributed by atoms with van der Waals surface area (Å²) in [7, 11) is 0. The number of nitrogens with zero attached hydrogens (tertiary/aromatic N) is 3. The SMILES string of the molecule is CCCCc1nc2c(N)nc3ccc(C(C)(C)CCOCCC(C)(C)N)cc3c2n1Cc1ccc(O)c(C)c1. The van der Waals surface area contributed by atoms with E-state index in [0.717, 1.165) is 71.0 Å². The molecule has 2 aromatic carbocycles. The molecular weight excluding hydrogens is 486 g/mol. The van der Waals surface area contributed by atoms with Crippen molar-refractivity contribution in [3.8, 4) is 5.75 Å². The molecule has 4 aromatic rings. The van der Waals surface area contributed by atoms with Gasteiger partial charge in [-0.25, -0.2) is 9.97 Å². The van der Waals surface area contributed by atoms with E-state index in [0.29, 0.717) is 31.3 Å². The van der Waals surface area contributed by atoms with E-state index < -0.39 is 0 Å². The number of benzene rings is 2. The maximum atomic E-state index is 10.1. The lowest BCUT2D eigenvalue weighted by atomic mass is 9.81.